The number of nitrogens with two attached hydrogens (primary N) is 1. The monoisotopic (exact) mass is 165 g/mol. The molecular weight excluding hydrogens is 158 g/mol. The van der Waals surface area contributed by atoms with Crippen molar-refractivity contribution in [2.24, 2.45) is 5.73 Å². The summed E-state index contributed by atoms with van der Waals surface area (Å²) in [6.07, 6.45) is 0.135. The highest BCUT2D eigenvalue weighted by molar-refractivity contribution is 7.08. The summed E-state index contributed by atoms with van der Waals surface area (Å²) >= 11 is 1.58. The van der Waals surface area contributed by atoms with Crippen LogP contribution < -0.4 is 5.73 Å². The lowest BCUT2D eigenvalue weighted by molar-refractivity contribution is -0.117. The first-order valence-electron chi connectivity index (χ1n) is 3.08. The minimum absolute atomic E-state index is 0.135. The second kappa shape index (κ2) is 3.79. The molecule has 0 bridgehead atoms. The van der Waals surface area contributed by atoms with Crippen LogP contribution in [0, 0.1) is 11.8 Å². The summed E-state index contributed by atoms with van der Waals surface area (Å²) in [6, 6.07) is 1.90. The van der Waals surface area contributed by atoms with E-state index in [0.717, 1.165) is 5.56 Å². The van der Waals surface area contributed by atoms with Gasteiger partial charge in [0.2, 0.25) is 5.91 Å². The van der Waals surface area contributed by atoms with Gasteiger partial charge in [0.05, 0.1) is 6.42 Å². The Labute approximate surface area is 69.0 Å². The van der Waals surface area contributed by atoms with Crippen LogP contribution in [0.15, 0.2) is 16.8 Å². The highest BCUT2D eigenvalue weighted by Crippen LogP contribution is 2.02. The Balaban J connectivity index is 2.52. The maximum atomic E-state index is 10.3. The summed E-state index contributed by atoms with van der Waals surface area (Å²) in [6.45, 7) is 0. The van der Waals surface area contributed by atoms with E-state index < -0.39 is 0 Å². The fourth-order valence-electron chi connectivity index (χ4n) is 0.569. The van der Waals surface area contributed by atoms with E-state index in [9.17, 15) is 4.79 Å². The normalized spacial score (nSPS) is 8.36. The van der Waals surface area contributed by atoms with Gasteiger partial charge in [-0.15, -0.1) is 0 Å². The van der Waals surface area contributed by atoms with Crippen molar-refractivity contribution in [3.8, 4) is 11.8 Å². The molecule has 0 aliphatic heterocycles. The van der Waals surface area contributed by atoms with E-state index in [1.165, 1.54) is 0 Å². The molecule has 56 valence electrons. The van der Waals surface area contributed by atoms with Crippen molar-refractivity contribution in [2.45, 2.75) is 6.42 Å². The molecule has 0 radical (unpaired) electrons. The zero-order valence-corrected chi connectivity index (χ0v) is 6.65. The molecule has 0 unspecified atom stereocenters. The molecule has 0 aliphatic carbocycles. The van der Waals surface area contributed by atoms with Gasteiger partial charge >= 0.3 is 0 Å². The van der Waals surface area contributed by atoms with Crippen molar-refractivity contribution in [1.29, 1.82) is 0 Å². The average Bonchev–Trinajstić information content (AvgIpc) is 2.39. The van der Waals surface area contributed by atoms with Crippen LogP contribution in [0.4, 0.5) is 0 Å². The summed E-state index contributed by atoms with van der Waals surface area (Å²) < 4.78 is 0. The van der Waals surface area contributed by atoms with Gasteiger partial charge in [-0.05, 0) is 11.4 Å². The van der Waals surface area contributed by atoms with Gasteiger partial charge in [0, 0.05) is 10.9 Å². The Hall–Kier alpha value is -1.27. The number of carbonyl (C=O) groups excluding carboxylic acids is 1. The summed E-state index contributed by atoms with van der Waals surface area (Å²) in [5.74, 6) is 5.10. The lowest BCUT2D eigenvalue weighted by Gasteiger charge is -1.78. The minimum atomic E-state index is -0.382. The van der Waals surface area contributed by atoms with Crippen molar-refractivity contribution < 1.29 is 4.79 Å². The van der Waals surface area contributed by atoms with Gasteiger partial charge in [0.15, 0.2) is 0 Å². The maximum absolute atomic E-state index is 10.3. The van der Waals surface area contributed by atoms with Crippen LogP contribution in [0.2, 0.25) is 0 Å². The second-order valence-electron chi connectivity index (χ2n) is 1.96. The molecule has 1 rings (SSSR count). The summed E-state index contributed by atoms with van der Waals surface area (Å²) in [7, 11) is 0. The molecule has 0 aliphatic rings. The largest absolute Gasteiger partial charge is 0.369 e. The summed E-state index contributed by atoms with van der Waals surface area (Å²) in [5, 5.41) is 3.86. The van der Waals surface area contributed by atoms with Crippen LogP contribution >= 0.6 is 11.3 Å². The molecule has 0 spiro atoms. The highest BCUT2D eigenvalue weighted by atomic mass is 32.1. The maximum Gasteiger partial charge on any atom is 0.229 e. The van der Waals surface area contributed by atoms with Gasteiger partial charge in [0.25, 0.3) is 0 Å². The van der Waals surface area contributed by atoms with Crippen molar-refractivity contribution in [3.05, 3.63) is 22.4 Å². The van der Waals surface area contributed by atoms with E-state index in [2.05, 4.69) is 11.8 Å². The van der Waals surface area contributed by atoms with Crippen molar-refractivity contribution in [2.75, 3.05) is 0 Å². The number of carbonyl (C=O) groups is 1. The molecule has 0 aromatic carbocycles. The van der Waals surface area contributed by atoms with Gasteiger partial charge in [-0.3, -0.25) is 4.79 Å². The SMILES string of the molecule is NC(=O)CC#Cc1ccsc1. The van der Waals surface area contributed by atoms with Gasteiger partial charge in [-0.1, -0.05) is 11.8 Å². The molecule has 1 heterocycles. The Kier molecular flexibility index (Phi) is 2.70. The quantitative estimate of drug-likeness (QED) is 0.619. The molecule has 0 saturated heterocycles. The van der Waals surface area contributed by atoms with Gasteiger partial charge in [-0.2, -0.15) is 11.3 Å². The Bertz CT molecular complexity index is 292. The van der Waals surface area contributed by atoms with Crippen molar-refractivity contribution in [1.82, 2.24) is 0 Å². The summed E-state index contributed by atoms with van der Waals surface area (Å²) in [5.41, 5.74) is 5.83. The number of hydrogen-bond acceptors (Lipinski definition) is 2. The number of hydrogen-bond donors (Lipinski definition) is 1. The standard InChI is InChI=1S/C8H7NOS/c9-8(10)3-1-2-7-4-5-11-6-7/h4-6H,3H2,(H2,9,10). The molecule has 11 heavy (non-hydrogen) atoms. The molecule has 1 aromatic rings. The molecule has 1 amide bonds. The van der Waals surface area contributed by atoms with Gasteiger partial charge < -0.3 is 5.73 Å². The van der Waals surface area contributed by atoms with Crippen molar-refractivity contribution in [3.63, 3.8) is 0 Å². The number of amides is 1. The van der Waals surface area contributed by atoms with E-state index in [1.807, 2.05) is 16.8 Å². The fourth-order valence-corrected chi connectivity index (χ4v) is 1.16. The fraction of sp³-hybridized carbons (Fsp3) is 0.125. The third-order valence-electron chi connectivity index (χ3n) is 1.02. The van der Waals surface area contributed by atoms with E-state index in [4.69, 9.17) is 5.73 Å². The first-order chi connectivity index (χ1) is 5.29. The average molecular weight is 165 g/mol. The minimum Gasteiger partial charge on any atom is -0.369 e. The molecule has 3 heteroatoms. The predicted molar refractivity (Wildman–Crippen MR) is 45.0 cm³/mol. The van der Waals surface area contributed by atoms with Crippen LogP contribution in [0.5, 0.6) is 0 Å². The van der Waals surface area contributed by atoms with E-state index >= 15 is 0 Å². The Morgan fingerprint density at radius 2 is 2.55 bits per heavy atom. The smallest absolute Gasteiger partial charge is 0.229 e. The van der Waals surface area contributed by atoms with Crippen LogP contribution in [0.25, 0.3) is 0 Å². The molecule has 0 saturated carbocycles. The van der Waals surface area contributed by atoms with E-state index in [1.54, 1.807) is 11.3 Å². The third-order valence-corrected chi connectivity index (χ3v) is 1.70. The number of thiophene rings is 1. The Morgan fingerprint density at radius 3 is 3.09 bits per heavy atom. The number of primary amides is 1. The van der Waals surface area contributed by atoms with E-state index in [0.29, 0.717) is 0 Å². The van der Waals surface area contributed by atoms with Gasteiger partial charge in [0.1, 0.15) is 0 Å². The third kappa shape index (κ3) is 2.87. The van der Waals surface area contributed by atoms with E-state index in [-0.39, 0.29) is 12.3 Å². The van der Waals surface area contributed by atoms with Crippen LogP contribution in [0.1, 0.15) is 12.0 Å². The lowest BCUT2D eigenvalue weighted by Crippen LogP contribution is -2.08. The second-order valence-corrected chi connectivity index (χ2v) is 2.74. The molecule has 0 atom stereocenters. The first kappa shape index (κ1) is 7.83. The lowest BCUT2D eigenvalue weighted by atomic mass is 10.3. The number of rotatable bonds is 1. The zero-order chi connectivity index (χ0) is 8.10. The topological polar surface area (TPSA) is 43.1 Å². The molecule has 2 nitrogen and oxygen atoms in total. The predicted octanol–water partition coefficient (Wildman–Crippen LogP) is 0.975. The molecular formula is C8H7NOS. The van der Waals surface area contributed by atoms with Crippen LogP contribution in [0.3, 0.4) is 0 Å². The zero-order valence-electron chi connectivity index (χ0n) is 5.83. The van der Waals surface area contributed by atoms with Crippen molar-refractivity contribution >= 4 is 17.2 Å². The molecule has 1 aromatic heterocycles. The van der Waals surface area contributed by atoms with Gasteiger partial charge in [-0.25, -0.2) is 0 Å². The molecule has 0 fully saturated rings. The highest BCUT2D eigenvalue weighted by Gasteiger charge is 1.86. The summed E-state index contributed by atoms with van der Waals surface area (Å²) in [4.78, 5) is 10.3. The first-order valence-corrected chi connectivity index (χ1v) is 4.02. The van der Waals surface area contributed by atoms with Crippen LogP contribution in [-0.4, -0.2) is 5.91 Å². The van der Waals surface area contributed by atoms with Crippen LogP contribution in [-0.2, 0) is 4.79 Å². The Morgan fingerprint density at radius 1 is 1.73 bits per heavy atom. The molecule has 2 N–H and O–H groups in total.